The summed E-state index contributed by atoms with van der Waals surface area (Å²) < 4.78 is 94.1. The number of aliphatic hydroxyl groups excluding tert-OH is 2. The standard InChI is InChI=1S/C15H24O8.C11H20O6.C8H14O4.C7H10O4.C6H12O3.C5H8O3.2CH4O.10CH4/c16-14-20-10-12(22-14)8-18-6-4-2-1-3-5-7-19-9-13-11-21-15(17)23-13;1-14-10(12)16-8-6-4-3-5-7-9-17-11(13)15-2;1-2-3-4-10-5-7-6-11-8(9)12-7;1-2-3-9-4-6-5-10-7(8)11-6;1-3-4-5-9-6(7)8-2;1-3-4-8-5(6)7-2;2*1-2;;;;;;;;;;/h12-13H,1-11H2;3-9H2,1-2H3;7H,2-6H2,1H3;2,6H,1,3-5H2;3-5H2,1-2H3;3H,1,4H2,2H3;2*2H,1H3;10*1H4. The Balaban J connectivity index is -0.0000000681. The molecule has 0 aromatic heterocycles. The molecule has 0 spiro atoms. The molecule has 2 N–H and O–H groups in total. The third-order valence-electron chi connectivity index (χ3n) is 9.70. The SMILES string of the molecule is C.C.C.C.C.C.C.C.C.C.C=CCOC(=O)OC.C=CCOCC1COC(=O)O1.CCCCOC(=O)OC.CCCCOCC1COC(=O)O1.CO.CO.COC(=O)OCCCCCCCOC(=O)OC.O=C1OCC(COCCCCCCCOCC2COC(=O)O2)O1. The van der Waals surface area contributed by atoms with Crippen LogP contribution < -0.4 is 0 Å². The zero-order valence-corrected chi connectivity index (χ0v) is 50.4. The van der Waals surface area contributed by atoms with Crippen molar-refractivity contribution in [3.8, 4) is 0 Å². The van der Waals surface area contributed by atoms with Crippen molar-refractivity contribution < 1.29 is 143 Å². The lowest BCUT2D eigenvalue weighted by Gasteiger charge is -2.08. The number of ether oxygens (including phenoxy) is 20. The van der Waals surface area contributed by atoms with E-state index in [1.807, 2.05) is 6.92 Å². The average Bonchev–Trinajstić information content (AvgIpc) is 2.88. The van der Waals surface area contributed by atoms with Crippen LogP contribution in [0.2, 0.25) is 0 Å². The molecule has 94 heavy (non-hydrogen) atoms. The Morgan fingerprint density at radius 3 is 0.830 bits per heavy atom. The smallest absolute Gasteiger partial charge is 0.438 e. The van der Waals surface area contributed by atoms with Crippen molar-refractivity contribution in [3.05, 3.63) is 25.3 Å². The van der Waals surface area contributed by atoms with Crippen LogP contribution in [0.3, 0.4) is 0 Å². The summed E-state index contributed by atoms with van der Waals surface area (Å²) in [6, 6.07) is 0. The van der Waals surface area contributed by atoms with Crippen molar-refractivity contribution in [1.29, 1.82) is 0 Å². The van der Waals surface area contributed by atoms with Crippen LogP contribution in [0.25, 0.3) is 0 Å². The van der Waals surface area contributed by atoms with Crippen molar-refractivity contribution >= 4 is 49.2 Å². The molecule has 4 atom stereocenters. The summed E-state index contributed by atoms with van der Waals surface area (Å²) in [6.07, 6.45) is 11.1. The Labute approximate surface area is 567 Å². The summed E-state index contributed by atoms with van der Waals surface area (Å²) in [5, 5.41) is 14.0. The highest BCUT2D eigenvalue weighted by atomic mass is 16.8. The number of unbranched alkanes of at least 4 members (excludes halogenated alkanes) is 10. The zero-order chi connectivity index (χ0) is 63.7. The number of hydrogen-bond acceptors (Lipinski definition) is 30. The van der Waals surface area contributed by atoms with Gasteiger partial charge in [0.1, 0.15) is 33.0 Å². The molecular weight excluding hydrogens is 1250 g/mol. The average molecular weight is 1390 g/mol. The van der Waals surface area contributed by atoms with Gasteiger partial charge in [-0.1, -0.05) is 158 Å². The fraction of sp³-hybridized carbons (Fsp3) is 0.812. The molecule has 0 aliphatic carbocycles. The molecule has 4 rings (SSSR count). The summed E-state index contributed by atoms with van der Waals surface area (Å²) in [5.41, 5.74) is 0. The van der Waals surface area contributed by atoms with Crippen molar-refractivity contribution in [1.82, 2.24) is 0 Å². The molecule has 4 aliphatic rings. The minimum Gasteiger partial charge on any atom is -0.438 e. The predicted octanol–water partition coefficient (Wildman–Crippen LogP) is 14.7. The van der Waals surface area contributed by atoms with E-state index in [2.05, 4.69) is 72.2 Å². The molecule has 4 heterocycles. The maximum atomic E-state index is 10.7. The third kappa shape index (κ3) is 87.5. The van der Waals surface area contributed by atoms with Crippen LogP contribution in [0.1, 0.15) is 178 Å². The molecule has 0 bridgehead atoms. The van der Waals surface area contributed by atoms with Gasteiger partial charge in [0.15, 0.2) is 24.4 Å². The maximum absolute atomic E-state index is 10.7. The molecule has 4 aliphatic heterocycles. The van der Waals surface area contributed by atoms with Crippen LogP contribution in [0.15, 0.2) is 25.3 Å². The van der Waals surface area contributed by atoms with Gasteiger partial charge in [-0.05, 0) is 38.5 Å². The van der Waals surface area contributed by atoms with Gasteiger partial charge in [-0.3, -0.25) is 0 Å². The molecule has 30 heteroatoms. The van der Waals surface area contributed by atoms with Crippen LogP contribution in [0, 0.1) is 0 Å². The second-order valence-corrected chi connectivity index (χ2v) is 16.5. The van der Waals surface area contributed by atoms with Gasteiger partial charge in [0.05, 0.1) is 81.3 Å². The lowest BCUT2D eigenvalue weighted by Crippen LogP contribution is -2.18. The monoisotopic (exact) mass is 1380 g/mol. The van der Waals surface area contributed by atoms with E-state index in [4.69, 9.17) is 52.8 Å². The molecule has 0 saturated carbocycles. The molecule has 0 aromatic rings. The number of cyclic esters (lactones) is 8. The number of carbonyl (C=O) groups excluding carboxylic acids is 8. The van der Waals surface area contributed by atoms with Crippen LogP contribution in [-0.4, -0.2) is 232 Å². The van der Waals surface area contributed by atoms with E-state index in [1.54, 1.807) is 6.08 Å². The van der Waals surface area contributed by atoms with E-state index in [0.717, 1.165) is 111 Å². The van der Waals surface area contributed by atoms with E-state index < -0.39 is 49.2 Å². The minimum absolute atomic E-state index is 0. The Morgan fingerprint density at radius 2 is 0.585 bits per heavy atom. The number of hydrogen-bond donors (Lipinski definition) is 2. The summed E-state index contributed by atoms with van der Waals surface area (Å²) >= 11 is 0. The van der Waals surface area contributed by atoms with E-state index in [1.165, 1.54) is 34.5 Å². The number of aliphatic hydroxyl groups is 2. The highest BCUT2D eigenvalue weighted by molar-refractivity contribution is 5.63. The van der Waals surface area contributed by atoms with Crippen molar-refractivity contribution in [3.63, 3.8) is 0 Å². The lowest BCUT2D eigenvalue weighted by molar-refractivity contribution is 0.0425. The van der Waals surface area contributed by atoms with Crippen LogP contribution in [0.5, 0.6) is 0 Å². The van der Waals surface area contributed by atoms with Gasteiger partial charge in [0.2, 0.25) is 0 Å². The van der Waals surface area contributed by atoms with Crippen LogP contribution >= 0.6 is 0 Å². The number of methoxy groups -OCH3 is 4. The van der Waals surface area contributed by atoms with Gasteiger partial charge in [-0.2, -0.15) is 0 Å². The Bertz CT molecular complexity index is 1580. The quantitative estimate of drug-likeness (QED) is 0.0261. The van der Waals surface area contributed by atoms with Gasteiger partial charge < -0.3 is 105 Å². The molecule has 572 valence electrons. The van der Waals surface area contributed by atoms with Gasteiger partial charge in [-0.15, -0.1) is 6.58 Å². The molecule has 30 nitrogen and oxygen atoms in total. The fourth-order valence-electron chi connectivity index (χ4n) is 5.61. The van der Waals surface area contributed by atoms with Crippen LogP contribution in [-0.2, 0) is 94.7 Å². The molecule has 4 unspecified atom stereocenters. The molecule has 0 aromatic carbocycles. The molecule has 4 fully saturated rings. The summed E-state index contributed by atoms with van der Waals surface area (Å²) in [4.78, 5) is 83.6. The second-order valence-electron chi connectivity index (χ2n) is 16.5. The third-order valence-corrected chi connectivity index (χ3v) is 9.70. The van der Waals surface area contributed by atoms with Gasteiger partial charge in [0, 0.05) is 34.0 Å². The first-order valence-corrected chi connectivity index (χ1v) is 27.3. The second kappa shape index (κ2) is 95.1. The first-order chi connectivity index (χ1) is 40.7. The van der Waals surface area contributed by atoms with Crippen molar-refractivity contribution in [2.75, 3.05) is 148 Å². The summed E-state index contributed by atoms with van der Waals surface area (Å²) in [6.45, 7) is 17.7. The Hall–Kier alpha value is -6.60. The van der Waals surface area contributed by atoms with Gasteiger partial charge in [-0.25, -0.2) is 38.4 Å². The fourth-order valence-corrected chi connectivity index (χ4v) is 5.61. The van der Waals surface area contributed by atoms with Crippen LogP contribution in [0.4, 0.5) is 38.4 Å². The van der Waals surface area contributed by atoms with Gasteiger partial charge >= 0.3 is 49.2 Å². The lowest BCUT2D eigenvalue weighted by atomic mass is 10.1. The topological polar surface area (TPSA) is 362 Å². The van der Waals surface area contributed by atoms with E-state index >= 15 is 0 Å². The first-order valence-electron chi connectivity index (χ1n) is 27.3. The van der Waals surface area contributed by atoms with Crippen molar-refractivity contribution in [2.24, 2.45) is 0 Å². The molecule has 4 saturated heterocycles. The van der Waals surface area contributed by atoms with Gasteiger partial charge in [0.25, 0.3) is 0 Å². The summed E-state index contributed by atoms with van der Waals surface area (Å²) in [5.74, 6) is 0. The summed E-state index contributed by atoms with van der Waals surface area (Å²) in [7, 11) is 7.12. The number of carbonyl (C=O) groups is 8. The van der Waals surface area contributed by atoms with E-state index in [0.29, 0.717) is 72.7 Å². The Morgan fingerprint density at radius 1 is 0.362 bits per heavy atom. The first kappa shape index (κ1) is 121. The zero-order valence-electron chi connectivity index (χ0n) is 50.4. The number of rotatable bonds is 34. The maximum Gasteiger partial charge on any atom is 0.508 e. The highest BCUT2D eigenvalue weighted by Crippen LogP contribution is 2.11. The largest absolute Gasteiger partial charge is 0.508 e. The molecule has 0 radical (unpaired) electrons. The highest BCUT2D eigenvalue weighted by Gasteiger charge is 2.27. The van der Waals surface area contributed by atoms with E-state index in [-0.39, 0.29) is 125 Å². The van der Waals surface area contributed by atoms with E-state index in [9.17, 15) is 38.4 Å². The molecular formula is C64H136O30. The molecule has 0 amide bonds. The normalized spacial score (nSPS) is 14.5. The minimum atomic E-state index is -0.676. The predicted molar refractivity (Wildman–Crippen MR) is 362 cm³/mol. The van der Waals surface area contributed by atoms with Crippen molar-refractivity contribution in [2.45, 2.75) is 202 Å². The Kier molecular flexibility index (Phi) is 123.